The van der Waals surface area contributed by atoms with E-state index in [9.17, 15) is 4.79 Å². The molecule has 0 radical (unpaired) electrons. The highest BCUT2D eigenvalue weighted by Gasteiger charge is 2.45. The summed E-state index contributed by atoms with van der Waals surface area (Å²) in [6.07, 6.45) is 3.05. The van der Waals surface area contributed by atoms with Crippen molar-refractivity contribution in [2.45, 2.75) is 12.8 Å². The van der Waals surface area contributed by atoms with Crippen molar-refractivity contribution in [3.05, 3.63) is 10.6 Å². The Morgan fingerprint density at radius 1 is 1.67 bits per heavy atom. The van der Waals surface area contributed by atoms with Crippen molar-refractivity contribution in [3.63, 3.8) is 0 Å². The molecule has 48 valence electrons. The lowest BCUT2D eigenvalue weighted by molar-refractivity contribution is -0.105. The number of rotatable bonds is 1. The van der Waals surface area contributed by atoms with Gasteiger partial charge in [-0.05, 0) is 24.7 Å². The monoisotopic (exact) mass is 142 g/mol. The number of fused-ring (bicyclic) bond motifs is 1. The van der Waals surface area contributed by atoms with Crippen molar-refractivity contribution >= 4 is 17.9 Å². The van der Waals surface area contributed by atoms with E-state index in [-0.39, 0.29) is 0 Å². The smallest absolute Gasteiger partial charge is 0.147 e. The molecule has 0 aliphatic heterocycles. The van der Waals surface area contributed by atoms with Crippen LogP contribution in [-0.2, 0) is 4.79 Å². The number of allylic oxidation sites excluding steroid dienone is 2. The molecule has 0 saturated heterocycles. The Labute approximate surface area is 58.7 Å². The molecule has 0 spiro atoms. The third-order valence-corrected chi connectivity index (χ3v) is 2.70. The van der Waals surface area contributed by atoms with Gasteiger partial charge in [-0.1, -0.05) is 11.6 Å². The summed E-state index contributed by atoms with van der Waals surface area (Å²) in [5, 5.41) is 0.843. The van der Waals surface area contributed by atoms with Crippen LogP contribution >= 0.6 is 11.6 Å². The lowest BCUT2D eigenvalue weighted by Crippen LogP contribution is -1.83. The molecule has 0 unspecified atom stereocenters. The number of carbonyl (C=O) groups is 1. The van der Waals surface area contributed by atoms with Gasteiger partial charge in [-0.15, -0.1) is 0 Å². The zero-order valence-electron chi connectivity index (χ0n) is 4.93. The summed E-state index contributed by atoms with van der Waals surface area (Å²) in [5.74, 6) is 1.31. The number of carbonyl (C=O) groups excluding carboxylic acids is 1. The summed E-state index contributed by atoms with van der Waals surface area (Å²) in [6, 6.07) is 0. The standard InChI is InChI=1S/C7H7ClO/c8-7-5(3-9)1-4-2-6(4)7/h3-4,6H,1-2H2/t4-,6+/m0/s1. The molecule has 1 nitrogen and oxygen atoms in total. The topological polar surface area (TPSA) is 17.1 Å². The summed E-state index contributed by atoms with van der Waals surface area (Å²) >= 11 is 5.82. The van der Waals surface area contributed by atoms with Gasteiger partial charge in [0.15, 0.2) is 0 Å². The average molecular weight is 143 g/mol. The Morgan fingerprint density at radius 2 is 2.44 bits per heavy atom. The van der Waals surface area contributed by atoms with E-state index in [4.69, 9.17) is 11.6 Å². The Balaban J connectivity index is 2.29. The van der Waals surface area contributed by atoms with Crippen LogP contribution in [0.25, 0.3) is 0 Å². The molecule has 2 heteroatoms. The van der Waals surface area contributed by atoms with Gasteiger partial charge in [-0.25, -0.2) is 0 Å². The van der Waals surface area contributed by atoms with Gasteiger partial charge in [-0.2, -0.15) is 0 Å². The average Bonchev–Trinajstić information content (AvgIpc) is 2.55. The minimum Gasteiger partial charge on any atom is -0.298 e. The molecule has 0 aromatic carbocycles. The molecule has 2 rings (SSSR count). The molecule has 1 saturated carbocycles. The highest BCUT2D eigenvalue weighted by molar-refractivity contribution is 6.32. The zero-order valence-corrected chi connectivity index (χ0v) is 5.69. The van der Waals surface area contributed by atoms with E-state index < -0.39 is 0 Å². The summed E-state index contributed by atoms with van der Waals surface area (Å²) < 4.78 is 0. The van der Waals surface area contributed by atoms with E-state index in [0.717, 1.165) is 29.2 Å². The maximum Gasteiger partial charge on any atom is 0.147 e. The summed E-state index contributed by atoms with van der Waals surface area (Å²) in [7, 11) is 0. The molecule has 9 heavy (non-hydrogen) atoms. The van der Waals surface area contributed by atoms with Gasteiger partial charge in [0.1, 0.15) is 6.29 Å². The third kappa shape index (κ3) is 0.645. The molecule has 0 amide bonds. The van der Waals surface area contributed by atoms with Crippen LogP contribution in [0.3, 0.4) is 0 Å². The normalized spacial score (nSPS) is 38.8. The first-order chi connectivity index (χ1) is 4.33. The quantitative estimate of drug-likeness (QED) is 0.510. The minimum absolute atomic E-state index is 0.576. The van der Waals surface area contributed by atoms with Crippen molar-refractivity contribution in [3.8, 4) is 0 Å². The highest BCUT2D eigenvalue weighted by Crippen LogP contribution is 2.55. The molecule has 2 atom stereocenters. The van der Waals surface area contributed by atoms with Crippen molar-refractivity contribution in [1.29, 1.82) is 0 Å². The van der Waals surface area contributed by atoms with Crippen molar-refractivity contribution in [2.75, 3.05) is 0 Å². The Morgan fingerprint density at radius 3 is 2.78 bits per heavy atom. The van der Waals surface area contributed by atoms with Crippen LogP contribution in [0.15, 0.2) is 10.6 Å². The Kier molecular flexibility index (Phi) is 0.974. The lowest BCUT2D eigenvalue weighted by atomic mass is 10.2. The predicted molar refractivity (Wildman–Crippen MR) is 35.2 cm³/mol. The summed E-state index contributed by atoms with van der Waals surface area (Å²) in [4.78, 5) is 10.2. The van der Waals surface area contributed by atoms with Crippen LogP contribution in [0.4, 0.5) is 0 Å². The first-order valence-corrected chi connectivity index (χ1v) is 3.54. The van der Waals surface area contributed by atoms with Gasteiger partial charge in [0.05, 0.1) is 0 Å². The zero-order chi connectivity index (χ0) is 6.43. The molecular weight excluding hydrogens is 136 g/mol. The number of hydrogen-bond donors (Lipinski definition) is 0. The number of aldehydes is 1. The van der Waals surface area contributed by atoms with Crippen LogP contribution in [0, 0.1) is 11.8 Å². The van der Waals surface area contributed by atoms with Crippen molar-refractivity contribution in [2.24, 2.45) is 11.8 Å². The SMILES string of the molecule is O=CC1=C(Cl)[C@@H]2C[C@@H]2C1. The summed E-state index contributed by atoms with van der Waals surface area (Å²) in [6.45, 7) is 0. The largest absolute Gasteiger partial charge is 0.298 e. The molecule has 2 aliphatic carbocycles. The highest BCUT2D eigenvalue weighted by atomic mass is 35.5. The molecular formula is C7H7ClO. The minimum atomic E-state index is 0.576. The first-order valence-electron chi connectivity index (χ1n) is 3.16. The molecule has 1 fully saturated rings. The van der Waals surface area contributed by atoms with Crippen LogP contribution in [0.1, 0.15) is 12.8 Å². The van der Waals surface area contributed by atoms with Gasteiger partial charge in [0.2, 0.25) is 0 Å². The molecule has 2 aliphatic rings. The summed E-state index contributed by atoms with van der Waals surface area (Å²) in [5.41, 5.74) is 0.845. The molecule has 0 heterocycles. The predicted octanol–water partition coefficient (Wildman–Crippen LogP) is 1.72. The van der Waals surface area contributed by atoms with E-state index in [2.05, 4.69) is 0 Å². The fourth-order valence-electron chi connectivity index (χ4n) is 1.51. The maximum atomic E-state index is 10.2. The van der Waals surface area contributed by atoms with Gasteiger partial charge in [0.25, 0.3) is 0 Å². The van der Waals surface area contributed by atoms with E-state index >= 15 is 0 Å². The maximum absolute atomic E-state index is 10.2. The fraction of sp³-hybridized carbons (Fsp3) is 0.571. The van der Waals surface area contributed by atoms with Gasteiger partial charge in [-0.3, -0.25) is 4.79 Å². The molecule has 0 aromatic heterocycles. The van der Waals surface area contributed by atoms with E-state index in [1.165, 1.54) is 6.42 Å². The van der Waals surface area contributed by atoms with Crippen LogP contribution in [0.5, 0.6) is 0 Å². The van der Waals surface area contributed by atoms with Crippen molar-refractivity contribution in [1.82, 2.24) is 0 Å². The number of halogens is 1. The van der Waals surface area contributed by atoms with Gasteiger partial charge >= 0.3 is 0 Å². The van der Waals surface area contributed by atoms with E-state index in [1.807, 2.05) is 0 Å². The molecule has 0 N–H and O–H groups in total. The number of hydrogen-bond acceptors (Lipinski definition) is 1. The molecule has 0 bridgehead atoms. The second-order valence-electron chi connectivity index (χ2n) is 2.80. The third-order valence-electron chi connectivity index (χ3n) is 2.18. The van der Waals surface area contributed by atoms with Gasteiger partial charge in [0, 0.05) is 10.6 Å². The Bertz CT molecular complexity index is 195. The van der Waals surface area contributed by atoms with Crippen LogP contribution in [-0.4, -0.2) is 6.29 Å². The van der Waals surface area contributed by atoms with E-state index in [1.54, 1.807) is 0 Å². The van der Waals surface area contributed by atoms with E-state index in [0.29, 0.717) is 5.92 Å². The van der Waals surface area contributed by atoms with Crippen molar-refractivity contribution < 1.29 is 4.79 Å². The lowest BCUT2D eigenvalue weighted by Gasteiger charge is -1.91. The van der Waals surface area contributed by atoms with Crippen LogP contribution < -0.4 is 0 Å². The van der Waals surface area contributed by atoms with Crippen LogP contribution in [0.2, 0.25) is 0 Å². The second-order valence-corrected chi connectivity index (χ2v) is 3.20. The Hall–Kier alpha value is -0.300. The molecule has 0 aromatic rings. The first kappa shape index (κ1) is 5.48. The second kappa shape index (κ2) is 1.60. The van der Waals surface area contributed by atoms with Gasteiger partial charge < -0.3 is 0 Å². The fourth-order valence-corrected chi connectivity index (χ4v) is 1.90.